The van der Waals surface area contributed by atoms with Crippen LogP contribution in [0.2, 0.25) is 0 Å². The molecule has 2 heteroatoms. The number of ether oxygens (including phenoxy) is 1. The van der Waals surface area contributed by atoms with Crippen molar-refractivity contribution in [3.63, 3.8) is 0 Å². The molecule has 0 saturated carbocycles. The molecule has 1 saturated heterocycles. The minimum Gasteiger partial charge on any atom is -0.462 e. The predicted molar refractivity (Wildman–Crippen MR) is 47.7 cm³/mol. The first kappa shape index (κ1) is 9.04. The van der Waals surface area contributed by atoms with Crippen LogP contribution in [0, 0.1) is 0 Å². The van der Waals surface area contributed by atoms with Gasteiger partial charge in [-0.2, -0.15) is 0 Å². The lowest BCUT2D eigenvalue weighted by Gasteiger charge is -1.96. The number of carbonyl (C=O) groups is 1. The molecule has 0 aromatic carbocycles. The average molecular weight is 166 g/mol. The molecule has 0 spiro atoms. The van der Waals surface area contributed by atoms with E-state index in [1.54, 1.807) is 0 Å². The second-order valence-corrected chi connectivity index (χ2v) is 2.96. The van der Waals surface area contributed by atoms with E-state index in [2.05, 4.69) is 13.5 Å². The highest BCUT2D eigenvalue weighted by Gasteiger charge is 2.17. The maximum absolute atomic E-state index is 11.0. The zero-order valence-electron chi connectivity index (χ0n) is 7.43. The lowest BCUT2D eigenvalue weighted by Crippen LogP contribution is -1.94. The van der Waals surface area contributed by atoms with Crippen LogP contribution in [0.3, 0.4) is 0 Å². The van der Waals surface area contributed by atoms with Gasteiger partial charge in [0.25, 0.3) is 0 Å². The minimum absolute atomic E-state index is 0.174. The Morgan fingerprint density at radius 2 is 2.50 bits per heavy atom. The quantitative estimate of drug-likeness (QED) is 0.474. The Hall–Kier alpha value is -1.05. The summed E-state index contributed by atoms with van der Waals surface area (Å²) in [7, 11) is 0. The summed E-state index contributed by atoms with van der Waals surface area (Å²) in [5.74, 6) is -0.174. The van der Waals surface area contributed by atoms with E-state index in [1.165, 1.54) is 0 Å². The SMILES string of the molecule is C=C(/C=C1/CCOC1=O)CCC. The summed E-state index contributed by atoms with van der Waals surface area (Å²) in [6.07, 6.45) is 4.62. The van der Waals surface area contributed by atoms with E-state index in [1.807, 2.05) is 6.08 Å². The van der Waals surface area contributed by atoms with Crippen molar-refractivity contribution in [2.45, 2.75) is 26.2 Å². The van der Waals surface area contributed by atoms with Gasteiger partial charge in [-0.1, -0.05) is 25.5 Å². The molecular weight excluding hydrogens is 152 g/mol. The van der Waals surface area contributed by atoms with Crippen LogP contribution in [-0.4, -0.2) is 12.6 Å². The molecule has 0 N–H and O–H groups in total. The normalized spacial score (nSPS) is 19.8. The average Bonchev–Trinajstić information content (AvgIpc) is 2.37. The minimum atomic E-state index is -0.174. The van der Waals surface area contributed by atoms with Gasteiger partial charge in [-0.05, 0) is 12.5 Å². The summed E-state index contributed by atoms with van der Waals surface area (Å²) in [5, 5.41) is 0. The van der Waals surface area contributed by atoms with Gasteiger partial charge in [0.2, 0.25) is 0 Å². The molecule has 0 bridgehead atoms. The molecule has 1 fully saturated rings. The van der Waals surface area contributed by atoms with Gasteiger partial charge in [0.05, 0.1) is 6.61 Å². The molecule has 0 amide bonds. The van der Waals surface area contributed by atoms with E-state index in [0.717, 1.165) is 30.4 Å². The molecular formula is C10H14O2. The Balaban J connectivity index is 2.55. The largest absolute Gasteiger partial charge is 0.462 e. The van der Waals surface area contributed by atoms with Crippen LogP contribution in [-0.2, 0) is 9.53 Å². The van der Waals surface area contributed by atoms with Crippen LogP contribution in [0.1, 0.15) is 26.2 Å². The number of esters is 1. The molecule has 1 aliphatic heterocycles. The molecule has 2 nitrogen and oxygen atoms in total. The number of cyclic esters (lactones) is 1. The van der Waals surface area contributed by atoms with Gasteiger partial charge in [0, 0.05) is 12.0 Å². The predicted octanol–water partition coefficient (Wildman–Crippen LogP) is 2.22. The first-order valence-corrected chi connectivity index (χ1v) is 4.29. The van der Waals surface area contributed by atoms with E-state index in [0.29, 0.717) is 6.61 Å². The van der Waals surface area contributed by atoms with Crippen LogP contribution in [0.25, 0.3) is 0 Å². The van der Waals surface area contributed by atoms with Gasteiger partial charge in [-0.15, -0.1) is 0 Å². The van der Waals surface area contributed by atoms with Gasteiger partial charge in [-0.3, -0.25) is 0 Å². The topological polar surface area (TPSA) is 26.3 Å². The number of carbonyl (C=O) groups excluding carboxylic acids is 1. The van der Waals surface area contributed by atoms with Gasteiger partial charge in [0.1, 0.15) is 0 Å². The second kappa shape index (κ2) is 4.10. The lowest BCUT2D eigenvalue weighted by atomic mass is 10.1. The third-order valence-electron chi connectivity index (χ3n) is 1.82. The Morgan fingerprint density at radius 3 is 3.00 bits per heavy atom. The highest BCUT2D eigenvalue weighted by atomic mass is 16.5. The third-order valence-corrected chi connectivity index (χ3v) is 1.82. The maximum atomic E-state index is 11.0. The molecule has 1 aliphatic rings. The molecule has 0 atom stereocenters. The van der Waals surface area contributed by atoms with E-state index in [9.17, 15) is 4.79 Å². The van der Waals surface area contributed by atoms with Gasteiger partial charge < -0.3 is 4.74 Å². The zero-order chi connectivity index (χ0) is 8.97. The summed E-state index contributed by atoms with van der Waals surface area (Å²) in [6.45, 7) is 6.48. The Morgan fingerprint density at radius 1 is 1.75 bits per heavy atom. The Labute approximate surface area is 72.9 Å². The molecule has 66 valence electrons. The van der Waals surface area contributed by atoms with Crippen molar-refractivity contribution < 1.29 is 9.53 Å². The van der Waals surface area contributed by atoms with Crippen molar-refractivity contribution >= 4 is 5.97 Å². The van der Waals surface area contributed by atoms with Crippen LogP contribution in [0.15, 0.2) is 23.8 Å². The summed E-state index contributed by atoms with van der Waals surface area (Å²) in [5.41, 5.74) is 1.79. The van der Waals surface area contributed by atoms with Gasteiger partial charge in [0.15, 0.2) is 0 Å². The summed E-state index contributed by atoms with van der Waals surface area (Å²) in [6, 6.07) is 0. The van der Waals surface area contributed by atoms with E-state index < -0.39 is 0 Å². The number of hydrogen-bond donors (Lipinski definition) is 0. The van der Waals surface area contributed by atoms with E-state index in [4.69, 9.17) is 4.74 Å². The van der Waals surface area contributed by atoms with Crippen molar-refractivity contribution in [3.05, 3.63) is 23.8 Å². The maximum Gasteiger partial charge on any atom is 0.334 e. The molecule has 0 unspecified atom stereocenters. The molecule has 0 radical (unpaired) electrons. The van der Waals surface area contributed by atoms with Crippen molar-refractivity contribution in [2.24, 2.45) is 0 Å². The van der Waals surface area contributed by atoms with Gasteiger partial charge >= 0.3 is 5.97 Å². The van der Waals surface area contributed by atoms with Crippen LogP contribution in [0.4, 0.5) is 0 Å². The summed E-state index contributed by atoms with van der Waals surface area (Å²) in [4.78, 5) is 11.0. The summed E-state index contributed by atoms with van der Waals surface area (Å²) < 4.78 is 4.80. The molecule has 0 aromatic heterocycles. The van der Waals surface area contributed by atoms with Gasteiger partial charge in [-0.25, -0.2) is 4.79 Å². The van der Waals surface area contributed by atoms with Crippen molar-refractivity contribution in [1.29, 1.82) is 0 Å². The smallest absolute Gasteiger partial charge is 0.334 e. The highest BCUT2D eigenvalue weighted by molar-refractivity contribution is 5.90. The number of rotatable bonds is 3. The van der Waals surface area contributed by atoms with Crippen molar-refractivity contribution in [1.82, 2.24) is 0 Å². The zero-order valence-corrected chi connectivity index (χ0v) is 7.43. The number of allylic oxidation sites excluding steroid dienone is 2. The lowest BCUT2D eigenvalue weighted by molar-refractivity contribution is -0.135. The molecule has 1 heterocycles. The molecule has 1 rings (SSSR count). The van der Waals surface area contributed by atoms with Crippen molar-refractivity contribution in [3.8, 4) is 0 Å². The van der Waals surface area contributed by atoms with E-state index in [-0.39, 0.29) is 5.97 Å². The Kier molecular flexibility index (Phi) is 3.09. The van der Waals surface area contributed by atoms with Crippen LogP contribution in [0.5, 0.6) is 0 Å². The first-order valence-electron chi connectivity index (χ1n) is 4.29. The fourth-order valence-corrected chi connectivity index (χ4v) is 1.22. The Bertz CT molecular complexity index is 226. The van der Waals surface area contributed by atoms with Crippen LogP contribution < -0.4 is 0 Å². The molecule has 0 aliphatic carbocycles. The first-order chi connectivity index (χ1) is 5.74. The third kappa shape index (κ3) is 2.22. The fraction of sp³-hybridized carbons (Fsp3) is 0.500. The second-order valence-electron chi connectivity index (χ2n) is 2.96. The van der Waals surface area contributed by atoms with Crippen LogP contribution >= 0.6 is 0 Å². The monoisotopic (exact) mass is 166 g/mol. The summed E-state index contributed by atoms with van der Waals surface area (Å²) >= 11 is 0. The molecule has 12 heavy (non-hydrogen) atoms. The fourth-order valence-electron chi connectivity index (χ4n) is 1.22. The number of hydrogen-bond acceptors (Lipinski definition) is 2. The van der Waals surface area contributed by atoms with Crippen molar-refractivity contribution in [2.75, 3.05) is 6.61 Å². The molecule has 0 aromatic rings. The van der Waals surface area contributed by atoms with E-state index >= 15 is 0 Å². The standard InChI is InChI=1S/C10H14O2/c1-3-4-8(2)7-9-5-6-12-10(9)11/h7H,2-6H2,1H3/b9-7-. The highest BCUT2D eigenvalue weighted by Crippen LogP contribution is 2.16.